The second-order valence-electron chi connectivity index (χ2n) is 9.90. The molecule has 0 spiro atoms. The van der Waals surface area contributed by atoms with E-state index in [4.69, 9.17) is 0 Å². The molecular formula is C31H39N3O4S. The van der Waals surface area contributed by atoms with Gasteiger partial charge in [-0.1, -0.05) is 80.1 Å². The van der Waals surface area contributed by atoms with E-state index < -0.39 is 28.5 Å². The number of aryl methyl sites for hydroxylation is 2. The first-order chi connectivity index (χ1) is 18.6. The largest absolute Gasteiger partial charge is 0.352 e. The number of nitrogens with one attached hydrogen (secondary N) is 1. The zero-order valence-corrected chi connectivity index (χ0v) is 24.2. The Morgan fingerprint density at radius 1 is 0.872 bits per heavy atom. The Bertz CT molecular complexity index is 1360. The summed E-state index contributed by atoms with van der Waals surface area (Å²) in [6.07, 6.45) is 0.972. The highest BCUT2D eigenvalue weighted by molar-refractivity contribution is 7.92. The number of hydrogen-bond acceptors (Lipinski definition) is 4. The van der Waals surface area contributed by atoms with Crippen LogP contribution < -0.4 is 9.62 Å². The fraction of sp³-hybridized carbons (Fsp3) is 0.355. The first-order valence-electron chi connectivity index (χ1n) is 13.4. The van der Waals surface area contributed by atoms with Crippen molar-refractivity contribution in [3.63, 3.8) is 0 Å². The van der Waals surface area contributed by atoms with Gasteiger partial charge in [0.15, 0.2) is 0 Å². The fourth-order valence-corrected chi connectivity index (χ4v) is 5.94. The predicted molar refractivity (Wildman–Crippen MR) is 156 cm³/mol. The Balaban J connectivity index is 2.09. The molecular weight excluding hydrogens is 510 g/mol. The number of nitrogens with zero attached hydrogens (tertiary/aromatic N) is 2. The Morgan fingerprint density at radius 3 is 2.08 bits per heavy atom. The van der Waals surface area contributed by atoms with E-state index >= 15 is 0 Å². The second kappa shape index (κ2) is 13.4. The molecule has 39 heavy (non-hydrogen) atoms. The maximum absolute atomic E-state index is 14.1. The van der Waals surface area contributed by atoms with Crippen LogP contribution in [0.1, 0.15) is 50.8 Å². The minimum absolute atomic E-state index is 0.102. The zero-order chi connectivity index (χ0) is 28.6. The van der Waals surface area contributed by atoms with Gasteiger partial charge >= 0.3 is 0 Å². The zero-order valence-electron chi connectivity index (χ0n) is 23.4. The van der Waals surface area contributed by atoms with Crippen LogP contribution in [0.2, 0.25) is 0 Å². The summed E-state index contributed by atoms with van der Waals surface area (Å²) in [5.41, 5.74) is 3.04. The molecule has 0 heterocycles. The molecule has 0 radical (unpaired) electrons. The highest BCUT2D eigenvalue weighted by Gasteiger charge is 2.34. The van der Waals surface area contributed by atoms with Crippen molar-refractivity contribution in [3.05, 3.63) is 95.6 Å². The third-order valence-electron chi connectivity index (χ3n) is 6.54. The number of carbonyl (C=O) groups is 2. The Kier molecular flexibility index (Phi) is 10.3. The molecule has 3 aromatic carbocycles. The van der Waals surface area contributed by atoms with Gasteiger partial charge in [-0.25, -0.2) is 8.42 Å². The molecule has 0 aliphatic rings. The van der Waals surface area contributed by atoms with Crippen molar-refractivity contribution in [2.24, 2.45) is 0 Å². The monoisotopic (exact) mass is 549 g/mol. The molecule has 8 heteroatoms. The lowest BCUT2D eigenvalue weighted by Gasteiger charge is -2.34. The van der Waals surface area contributed by atoms with Gasteiger partial charge in [0.2, 0.25) is 11.8 Å². The minimum atomic E-state index is -4.09. The topological polar surface area (TPSA) is 86.8 Å². The Morgan fingerprint density at radius 2 is 1.49 bits per heavy atom. The van der Waals surface area contributed by atoms with E-state index in [-0.39, 0.29) is 23.4 Å². The summed E-state index contributed by atoms with van der Waals surface area (Å²) in [5, 5.41) is 2.91. The van der Waals surface area contributed by atoms with Crippen molar-refractivity contribution in [1.29, 1.82) is 0 Å². The number of hydrogen-bond donors (Lipinski definition) is 1. The second-order valence-corrected chi connectivity index (χ2v) is 11.8. The van der Waals surface area contributed by atoms with Gasteiger partial charge in [-0.15, -0.1) is 0 Å². The molecule has 3 aromatic rings. The third-order valence-corrected chi connectivity index (χ3v) is 8.32. The van der Waals surface area contributed by atoms with Gasteiger partial charge in [0.05, 0.1) is 10.6 Å². The number of amides is 2. The van der Waals surface area contributed by atoms with Crippen LogP contribution in [-0.4, -0.2) is 43.8 Å². The van der Waals surface area contributed by atoms with Crippen molar-refractivity contribution < 1.29 is 18.0 Å². The molecule has 0 saturated carbocycles. The van der Waals surface area contributed by atoms with E-state index in [2.05, 4.69) is 5.32 Å². The summed E-state index contributed by atoms with van der Waals surface area (Å²) in [7, 11) is -4.09. The average molecular weight is 550 g/mol. The van der Waals surface area contributed by atoms with Gasteiger partial charge in [0.25, 0.3) is 10.0 Å². The van der Waals surface area contributed by atoms with E-state index in [9.17, 15) is 18.0 Å². The molecule has 1 atom stereocenters. The Labute approximate surface area is 232 Å². The average Bonchev–Trinajstić information content (AvgIpc) is 2.91. The van der Waals surface area contributed by atoms with Crippen LogP contribution in [0.5, 0.6) is 0 Å². The van der Waals surface area contributed by atoms with Gasteiger partial charge in [-0.2, -0.15) is 0 Å². The highest BCUT2D eigenvalue weighted by Crippen LogP contribution is 2.28. The smallest absolute Gasteiger partial charge is 0.264 e. The number of benzene rings is 3. The van der Waals surface area contributed by atoms with Crippen molar-refractivity contribution in [2.45, 2.75) is 71.0 Å². The van der Waals surface area contributed by atoms with E-state index in [1.165, 1.54) is 9.21 Å². The first kappa shape index (κ1) is 29.9. The van der Waals surface area contributed by atoms with Crippen LogP contribution in [0.15, 0.2) is 83.8 Å². The van der Waals surface area contributed by atoms with Crippen molar-refractivity contribution >= 4 is 27.5 Å². The van der Waals surface area contributed by atoms with Crippen LogP contribution in [0.25, 0.3) is 0 Å². The van der Waals surface area contributed by atoms with Crippen molar-refractivity contribution in [1.82, 2.24) is 10.2 Å². The number of anilines is 1. The van der Waals surface area contributed by atoms with E-state index in [0.29, 0.717) is 18.5 Å². The predicted octanol–water partition coefficient (Wildman–Crippen LogP) is 5.08. The maximum atomic E-state index is 14.1. The number of rotatable bonds is 12. The Hall–Kier alpha value is -3.65. The number of sulfonamides is 1. The SMILES string of the molecule is CCc1ccccc1N(CC(=O)N(Cc1ccccc1)C(CC)C(=O)NC(C)C)S(=O)(=O)c1ccc(C)cc1. The quantitative estimate of drug-likeness (QED) is 0.341. The maximum Gasteiger partial charge on any atom is 0.264 e. The summed E-state index contributed by atoms with van der Waals surface area (Å²) in [6, 6.07) is 22.4. The molecule has 1 N–H and O–H groups in total. The lowest BCUT2D eigenvalue weighted by Crippen LogP contribution is -2.53. The van der Waals surface area contributed by atoms with Crippen molar-refractivity contribution in [2.75, 3.05) is 10.8 Å². The van der Waals surface area contributed by atoms with Gasteiger partial charge in [0, 0.05) is 12.6 Å². The van der Waals surface area contributed by atoms with E-state index in [1.54, 1.807) is 36.4 Å². The molecule has 3 rings (SSSR count). The molecule has 0 fully saturated rings. The lowest BCUT2D eigenvalue weighted by atomic mass is 10.1. The summed E-state index contributed by atoms with van der Waals surface area (Å²) in [4.78, 5) is 28.9. The van der Waals surface area contributed by atoms with Crippen LogP contribution in [0, 0.1) is 6.92 Å². The van der Waals surface area contributed by atoms with Gasteiger partial charge in [0.1, 0.15) is 12.6 Å². The van der Waals surface area contributed by atoms with Crippen LogP contribution in [0.4, 0.5) is 5.69 Å². The summed E-state index contributed by atoms with van der Waals surface area (Å²) in [6.45, 7) is 9.16. The molecule has 0 aliphatic carbocycles. The third kappa shape index (κ3) is 7.47. The first-order valence-corrected chi connectivity index (χ1v) is 14.8. The van der Waals surface area contributed by atoms with Gasteiger partial charge in [-0.05, 0) is 62.9 Å². The summed E-state index contributed by atoms with van der Waals surface area (Å²) < 4.78 is 29.2. The molecule has 208 valence electrons. The lowest BCUT2D eigenvalue weighted by molar-refractivity contribution is -0.140. The fourth-order valence-electron chi connectivity index (χ4n) is 4.48. The standard InChI is InChI=1S/C31H39N3O4S/c1-6-26-15-11-12-16-29(26)34(39(37,38)27-19-17-24(5)18-20-27)22-30(35)33(21-25-13-9-8-10-14-25)28(7-2)31(36)32-23(3)4/h8-20,23,28H,6-7,21-22H2,1-5H3,(H,32,36). The normalized spacial score (nSPS) is 12.2. The van der Waals surface area contributed by atoms with Crippen LogP contribution >= 0.6 is 0 Å². The van der Waals surface area contributed by atoms with Crippen LogP contribution in [0.3, 0.4) is 0 Å². The highest BCUT2D eigenvalue weighted by atomic mass is 32.2. The summed E-state index contributed by atoms with van der Waals surface area (Å²) in [5.74, 6) is -0.718. The van der Waals surface area contributed by atoms with Crippen molar-refractivity contribution in [3.8, 4) is 0 Å². The molecule has 0 aromatic heterocycles. The van der Waals surface area contributed by atoms with Gasteiger partial charge < -0.3 is 10.2 Å². The molecule has 2 amide bonds. The van der Waals surface area contributed by atoms with E-state index in [0.717, 1.165) is 16.7 Å². The minimum Gasteiger partial charge on any atom is -0.352 e. The molecule has 0 saturated heterocycles. The van der Waals surface area contributed by atoms with Gasteiger partial charge in [-0.3, -0.25) is 13.9 Å². The van der Waals surface area contributed by atoms with Crippen LogP contribution in [-0.2, 0) is 32.6 Å². The van der Waals surface area contributed by atoms with E-state index in [1.807, 2.05) is 77.1 Å². The number of carbonyl (C=O) groups excluding carboxylic acids is 2. The summed E-state index contributed by atoms with van der Waals surface area (Å²) >= 11 is 0. The molecule has 1 unspecified atom stereocenters. The molecule has 0 aliphatic heterocycles. The molecule has 0 bridgehead atoms. The molecule has 7 nitrogen and oxygen atoms in total. The number of para-hydroxylation sites is 1.